The molecule has 25 heavy (non-hydrogen) atoms. The van der Waals surface area contributed by atoms with Crippen LogP contribution in [0, 0.1) is 4.77 Å². The predicted octanol–water partition coefficient (Wildman–Crippen LogP) is 5.61. The van der Waals surface area contributed by atoms with E-state index in [1.54, 1.807) is 6.21 Å². The molecular formula is C18H25ClN4OS. The van der Waals surface area contributed by atoms with Crippen molar-refractivity contribution in [3.05, 3.63) is 39.9 Å². The highest BCUT2D eigenvalue weighted by atomic mass is 35.5. The molecule has 0 amide bonds. The van der Waals surface area contributed by atoms with E-state index in [1.807, 2.05) is 18.2 Å². The van der Waals surface area contributed by atoms with Gasteiger partial charge in [0.2, 0.25) is 4.77 Å². The van der Waals surface area contributed by atoms with Crippen molar-refractivity contribution < 1.29 is 4.74 Å². The van der Waals surface area contributed by atoms with Gasteiger partial charge in [0.05, 0.1) is 17.8 Å². The van der Waals surface area contributed by atoms with E-state index in [4.69, 9.17) is 28.6 Å². The molecule has 0 saturated carbocycles. The first-order chi connectivity index (χ1) is 12.2. The zero-order valence-electron chi connectivity index (χ0n) is 14.6. The third-order valence-corrected chi connectivity index (χ3v) is 4.45. The summed E-state index contributed by atoms with van der Waals surface area (Å²) in [5, 5.41) is 11.2. The van der Waals surface area contributed by atoms with E-state index in [0.29, 0.717) is 9.79 Å². The minimum atomic E-state index is 0.432. The number of aromatic amines is 1. The van der Waals surface area contributed by atoms with Crippen molar-refractivity contribution in [3.8, 4) is 5.75 Å². The summed E-state index contributed by atoms with van der Waals surface area (Å²) in [5.74, 6) is 0.785. The summed E-state index contributed by atoms with van der Waals surface area (Å²) in [6.07, 6.45) is 12.0. The summed E-state index contributed by atoms with van der Waals surface area (Å²) in [5.41, 5.74) is 0.799. The van der Waals surface area contributed by atoms with Crippen LogP contribution in [0.15, 0.2) is 29.6 Å². The summed E-state index contributed by atoms with van der Waals surface area (Å²) in [6, 6.07) is 5.61. The lowest BCUT2D eigenvalue weighted by Gasteiger charge is -2.07. The van der Waals surface area contributed by atoms with E-state index in [0.717, 1.165) is 24.3 Å². The molecule has 2 aromatic rings. The molecule has 0 unspecified atom stereocenters. The maximum Gasteiger partial charge on any atom is 0.216 e. The summed E-state index contributed by atoms with van der Waals surface area (Å²) >= 11 is 11.3. The zero-order valence-corrected chi connectivity index (χ0v) is 16.2. The largest absolute Gasteiger partial charge is 0.494 e. The number of nitrogens with zero attached hydrogens (tertiary/aromatic N) is 3. The molecular weight excluding hydrogens is 356 g/mol. The monoisotopic (exact) mass is 380 g/mol. The number of hydrogen-bond acceptors (Lipinski definition) is 4. The first-order valence-corrected chi connectivity index (χ1v) is 9.58. The maximum absolute atomic E-state index is 6.29. The highest BCUT2D eigenvalue weighted by molar-refractivity contribution is 7.71. The molecule has 0 aliphatic rings. The summed E-state index contributed by atoms with van der Waals surface area (Å²) in [4.78, 5) is 0. The van der Waals surface area contributed by atoms with Gasteiger partial charge in [-0.15, -0.1) is 0 Å². The lowest BCUT2D eigenvalue weighted by Crippen LogP contribution is -1.98. The molecule has 1 N–H and O–H groups in total. The molecule has 0 saturated heterocycles. The molecule has 136 valence electrons. The van der Waals surface area contributed by atoms with Crippen LogP contribution in [0.25, 0.3) is 0 Å². The Morgan fingerprint density at radius 2 is 2.00 bits per heavy atom. The van der Waals surface area contributed by atoms with E-state index < -0.39 is 0 Å². The molecule has 1 aromatic carbocycles. The van der Waals surface area contributed by atoms with Gasteiger partial charge < -0.3 is 4.74 Å². The Kier molecular flexibility index (Phi) is 8.69. The van der Waals surface area contributed by atoms with Crippen LogP contribution in [-0.2, 0) is 0 Å². The Hall–Kier alpha value is -1.66. The average molecular weight is 381 g/mol. The Morgan fingerprint density at radius 3 is 2.68 bits per heavy atom. The van der Waals surface area contributed by atoms with Gasteiger partial charge in [-0.05, 0) is 36.8 Å². The van der Waals surface area contributed by atoms with E-state index in [1.165, 1.54) is 49.5 Å². The van der Waals surface area contributed by atoms with Crippen LogP contribution in [-0.4, -0.2) is 27.7 Å². The van der Waals surface area contributed by atoms with Crippen molar-refractivity contribution in [2.45, 2.75) is 51.9 Å². The number of halogens is 1. The Labute approximate surface area is 159 Å². The van der Waals surface area contributed by atoms with Crippen molar-refractivity contribution in [1.29, 1.82) is 0 Å². The maximum atomic E-state index is 6.29. The normalized spacial score (nSPS) is 11.3. The zero-order chi connectivity index (χ0) is 17.9. The first kappa shape index (κ1) is 19.7. The number of benzene rings is 1. The molecule has 0 spiro atoms. The fraction of sp³-hybridized carbons (Fsp3) is 0.500. The second-order valence-electron chi connectivity index (χ2n) is 5.90. The Bertz CT molecular complexity index is 726. The lowest BCUT2D eigenvalue weighted by molar-refractivity contribution is 0.304. The molecule has 0 bridgehead atoms. The molecule has 7 heteroatoms. The predicted molar refractivity (Wildman–Crippen MR) is 105 cm³/mol. The smallest absolute Gasteiger partial charge is 0.216 e. The van der Waals surface area contributed by atoms with Gasteiger partial charge in [-0.1, -0.05) is 57.0 Å². The van der Waals surface area contributed by atoms with Gasteiger partial charge >= 0.3 is 0 Å². The quantitative estimate of drug-likeness (QED) is 0.313. The minimum absolute atomic E-state index is 0.432. The van der Waals surface area contributed by atoms with Crippen LogP contribution >= 0.6 is 23.8 Å². The van der Waals surface area contributed by atoms with Crippen LogP contribution < -0.4 is 4.74 Å². The molecule has 2 rings (SSSR count). The Morgan fingerprint density at radius 1 is 1.24 bits per heavy atom. The third kappa shape index (κ3) is 7.00. The Balaban J connectivity index is 1.75. The van der Waals surface area contributed by atoms with Crippen LogP contribution in [0.4, 0.5) is 0 Å². The molecule has 1 heterocycles. The highest BCUT2D eigenvalue weighted by Gasteiger charge is 2.02. The SMILES string of the molecule is CCCCCCCCCOc1ccc(/C=N\n2cn[nH]c2=S)c(Cl)c1. The number of unbranched alkanes of at least 4 members (excludes halogenated alkanes) is 6. The van der Waals surface area contributed by atoms with Crippen molar-refractivity contribution >= 4 is 30.0 Å². The third-order valence-electron chi connectivity index (χ3n) is 3.85. The van der Waals surface area contributed by atoms with Gasteiger partial charge in [0.25, 0.3) is 0 Å². The topological polar surface area (TPSA) is 55.2 Å². The van der Waals surface area contributed by atoms with Crippen LogP contribution in [0.1, 0.15) is 57.4 Å². The fourth-order valence-corrected chi connectivity index (χ4v) is 2.77. The number of rotatable bonds is 11. The van der Waals surface area contributed by atoms with Gasteiger partial charge in [-0.25, -0.2) is 0 Å². The van der Waals surface area contributed by atoms with E-state index >= 15 is 0 Å². The number of nitrogens with one attached hydrogen (secondary N) is 1. The summed E-state index contributed by atoms with van der Waals surface area (Å²) in [7, 11) is 0. The van der Waals surface area contributed by atoms with Crippen LogP contribution in [0.3, 0.4) is 0 Å². The molecule has 0 fully saturated rings. The second-order valence-corrected chi connectivity index (χ2v) is 6.70. The molecule has 0 aliphatic heterocycles. The fourth-order valence-electron chi connectivity index (χ4n) is 2.40. The van der Waals surface area contributed by atoms with Crippen molar-refractivity contribution in [1.82, 2.24) is 14.9 Å². The van der Waals surface area contributed by atoms with Crippen molar-refractivity contribution in [2.24, 2.45) is 5.10 Å². The minimum Gasteiger partial charge on any atom is -0.494 e. The number of ether oxygens (including phenoxy) is 1. The number of hydrogen-bond donors (Lipinski definition) is 1. The van der Waals surface area contributed by atoms with Crippen LogP contribution in [0.5, 0.6) is 5.75 Å². The molecule has 0 aliphatic carbocycles. The molecule has 0 radical (unpaired) electrons. The second kappa shape index (κ2) is 11.1. The van der Waals surface area contributed by atoms with E-state index in [9.17, 15) is 0 Å². The number of H-pyrrole nitrogens is 1. The molecule has 5 nitrogen and oxygen atoms in total. The molecule has 1 aromatic heterocycles. The molecule has 0 atom stereocenters. The first-order valence-electron chi connectivity index (χ1n) is 8.79. The number of aromatic nitrogens is 3. The van der Waals surface area contributed by atoms with Crippen LogP contribution in [0.2, 0.25) is 5.02 Å². The van der Waals surface area contributed by atoms with Gasteiger partial charge in [-0.2, -0.15) is 14.9 Å². The van der Waals surface area contributed by atoms with Gasteiger partial charge in [-0.3, -0.25) is 5.10 Å². The summed E-state index contributed by atoms with van der Waals surface area (Å²) in [6.45, 7) is 2.96. The van der Waals surface area contributed by atoms with Gasteiger partial charge in [0.15, 0.2) is 0 Å². The lowest BCUT2D eigenvalue weighted by atomic mass is 10.1. The van der Waals surface area contributed by atoms with E-state index in [-0.39, 0.29) is 0 Å². The van der Waals surface area contributed by atoms with Crippen molar-refractivity contribution in [2.75, 3.05) is 6.61 Å². The highest BCUT2D eigenvalue weighted by Crippen LogP contribution is 2.22. The van der Waals surface area contributed by atoms with Gasteiger partial charge in [0.1, 0.15) is 12.1 Å². The summed E-state index contributed by atoms with van der Waals surface area (Å²) < 4.78 is 7.67. The standard InChI is InChI=1S/C18H25ClN4OS/c1-2-3-4-5-6-7-8-11-24-16-10-9-15(17(19)12-16)13-21-23-14-20-22-18(23)25/h9-10,12-14H,2-8,11H2,1H3,(H,22,25)/b21-13-. The van der Waals surface area contributed by atoms with Gasteiger partial charge in [0, 0.05) is 5.56 Å². The van der Waals surface area contributed by atoms with Crippen molar-refractivity contribution in [3.63, 3.8) is 0 Å². The van der Waals surface area contributed by atoms with E-state index in [2.05, 4.69) is 22.2 Å². The average Bonchev–Trinajstić information content (AvgIpc) is 3.01.